The van der Waals surface area contributed by atoms with Gasteiger partial charge in [-0.1, -0.05) is 72.8 Å². The summed E-state index contributed by atoms with van der Waals surface area (Å²) in [5.41, 5.74) is -3.77. The zero-order chi connectivity index (χ0) is 25.7. The van der Waals surface area contributed by atoms with E-state index in [4.69, 9.17) is 0 Å². The van der Waals surface area contributed by atoms with E-state index in [0.29, 0.717) is 12.1 Å². The van der Waals surface area contributed by atoms with Crippen molar-refractivity contribution in [1.82, 2.24) is 9.88 Å². The number of β-amino-alcohol motifs (C(OH)–C–C–N with tert-alkyl or cyclic N) is 1. The quantitative estimate of drug-likeness (QED) is 0.321. The Morgan fingerprint density at radius 1 is 0.750 bits per heavy atom. The van der Waals surface area contributed by atoms with Crippen molar-refractivity contribution in [2.24, 2.45) is 0 Å². The number of hydrogen-bond donors (Lipinski definition) is 1. The highest BCUT2D eigenvalue weighted by Crippen LogP contribution is 2.45. The summed E-state index contributed by atoms with van der Waals surface area (Å²) >= 11 is 0. The van der Waals surface area contributed by atoms with Gasteiger partial charge in [-0.25, -0.2) is 4.98 Å². The van der Waals surface area contributed by atoms with Crippen LogP contribution in [0.2, 0.25) is 0 Å². The molecule has 3 aromatic carbocycles. The summed E-state index contributed by atoms with van der Waals surface area (Å²) in [7, 11) is 0. The Balaban J connectivity index is 1.60. The maximum absolute atomic E-state index is 13.6. The third-order valence-corrected chi connectivity index (χ3v) is 6.46. The number of hydrogen-bond acceptors (Lipinski definition) is 3. The first-order valence-electron chi connectivity index (χ1n) is 11.1. The Morgan fingerprint density at radius 2 is 1.31 bits per heavy atom. The van der Waals surface area contributed by atoms with E-state index < -0.39 is 34.7 Å². The van der Waals surface area contributed by atoms with E-state index >= 15 is 0 Å². The van der Waals surface area contributed by atoms with Gasteiger partial charge in [-0.3, -0.25) is 4.90 Å². The molecule has 1 N–H and O–H groups in total. The van der Waals surface area contributed by atoms with Crippen LogP contribution in [0.3, 0.4) is 0 Å². The van der Waals surface area contributed by atoms with Crippen molar-refractivity contribution in [3.63, 3.8) is 0 Å². The molecule has 0 spiro atoms. The van der Waals surface area contributed by atoms with E-state index in [2.05, 4.69) is 4.98 Å². The van der Waals surface area contributed by atoms with Gasteiger partial charge in [0, 0.05) is 18.5 Å². The summed E-state index contributed by atoms with van der Waals surface area (Å²) in [6, 6.07) is 22.2. The summed E-state index contributed by atoms with van der Waals surface area (Å²) in [5, 5.41) is 11.3. The number of fused-ring (bicyclic) bond motifs is 1. The largest absolute Gasteiger partial charge is 0.433 e. The molecule has 1 aromatic heterocycles. The lowest BCUT2D eigenvalue weighted by Gasteiger charge is -2.51. The molecular weight excluding hydrogens is 482 g/mol. The number of benzene rings is 3. The van der Waals surface area contributed by atoms with Gasteiger partial charge in [-0.2, -0.15) is 26.3 Å². The molecule has 1 aliphatic rings. The lowest BCUT2D eigenvalue weighted by molar-refractivity contribution is -0.143. The van der Waals surface area contributed by atoms with Crippen LogP contribution in [0.1, 0.15) is 34.0 Å². The van der Waals surface area contributed by atoms with Gasteiger partial charge in [-0.05, 0) is 28.8 Å². The first-order valence-corrected chi connectivity index (χ1v) is 11.1. The molecule has 0 amide bonds. The molecule has 0 atom stereocenters. The van der Waals surface area contributed by atoms with E-state index in [9.17, 15) is 31.4 Å². The molecular formula is C27H20F6N2O. The average molecular weight is 502 g/mol. The molecule has 1 aliphatic heterocycles. The molecule has 9 heteroatoms. The first-order chi connectivity index (χ1) is 17.0. The fraction of sp³-hybridized carbons (Fsp3) is 0.222. The van der Waals surface area contributed by atoms with Crippen molar-refractivity contribution < 1.29 is 31.4 Å². The fourth-order valence-corrected chi connectivity index (χ4v) is 4.87. The van der Waals surface area contributed by atoms with E-state index in [0.717, 1.165) is 17.2 Å². The van der Waals surface area contributed by atoms with Gasteiger partial charge in [0.15, 0.2) is 0 Å². The Bertz CT molecular complexity index is 1340. The number of para-hydroxylation sites is 1. The molecule has 3 nitrogen and oxygen atoms in total. The zero-order valence-corrected chi connectivity index (χ0v) is 18.7. The molecule has 0 radical (unpaired) electrons. The van der Waals surface area contributed by atoms with Crippen LogP contribution < -0.4 is 0 Å². The minimum atomic E-state index is -4.99. The molecule has 5 rings (SSSR count). The average Bonchev–Trinajstić information content (AvgIpc) is 2.82. The highest BCUT2D eigenvalue weighted by molar-refractivity contribution is 5.87. The lowest BCUT2D eigenvalue weighted by Crippen LogP contribution is -2.60. The smallest absolute Gasteiger partial charge is 0.382 e. The molecule has 186 valence electrons. The highest BCUT2D eigenvalue weighted by atomic mass is 19.4. The zero-order valence-electron chi connectivity index (χ0n) is 18.7. The minimum absolute atomic E-state index is 0.0753. The standard InChI is InChI=1S/C27H20F6N2O/c28-26(29,30)20-13-7-12-19-21(14-22(27(31,32)33)34-23(19)20)25(36)15-35(16-25)24(17-8-3-1-4-9-17)18-10-5-2-6-11-18/h1-14,24,36H,15-16H2. The second kappa shape index (κ2) is 8.60. The first kappa shape index (κ1) is 24.3. The van der Waals surface area contributed by atoms with Crippen molar-refractivity contribution in [3.8, 4) is 0 Å². The number of aliphatic hydroxyl groups is 1. The van der Waals surface area contributed by atoms with Crippen molar-refractivity contribution in [2.75, 3.05) is 13.1 Å². The number of rotatable bonds is 4. The van der Waals surface area contributed by atoms with Gasteiger partial charge in [0.05, 0.1) is 17.1 Å². The Labute approximate surface area is 202 Å². The van der Waals surface area contributed by atoms with Gasteiger partial charge in [0.25, 0.3) is 0 Å². The van der Waals surface area contributed by atoms with Crippen LogP contribution in [0.5, 0.6) is 0 Å². The Hall–Kier alpha value is -3.43. The molecule has 0 bridgehead atoms. The second-order valence-electron chi connectivity index (χ2n) is 8.91. The van der Waals surface area contributed by atoms with Crippen LogP contribution >= 0.6 is 0 Å². The van der Waals surface area contributed by atoms with Gasteiger partial charge in [-0.15, -0.1) is 0 Å². The van der Waals surface area contributed by atoms with Crippen molar-refractivity contribution in [2.45, 2.75) is 24.0 Å². The predicted octanol–water partition coefficient (Wildman–Crippen LogP) is 6.57. The lowest BCUT2D eigenvalue weighted by atomic mass is 9.80. The molecule has 0 aliphatic carbocycles. The summed E-state index contributed by atoms with van der Waals surface area (Å²) < 4.78 is 81.8. The summed E-state index contributed by atoms with van der Waals surface area (Å²) in [5.74, 6) is 0. The molecule has 1 saturated heterocycles. The van der Waals surface area contributed by atoms with E-state index in [-0.39, 0.29) is 30.1 Å². The molecule has 0 unspecified atom stereocenters. The second-order valence-corrected chi connectivity index (χ2v) is 8.91. The minimum Gasteiger partial charge on any atom is -0.382 e. The molecule has 1 fully saturated rings. The summed E-state index contributed by atoms with van der Waals surface area (Å²) in [6.45, 7) is -0.151. The van der Waals surface area contributed by atoms with Crippen LogP contribution in [0.25, 0.3) is 10.9 Å². The van der Waals surface area contributed by atoms with E-state index in [1.807, 2.05) is 65.6 Å². The normalized spacial score (nSPS) is 16.3. The molecule has 4 aromatic rings. The third kappa shape index (κ3) is 4.33. The maximum Gasteiger partial charge on any atom is 0.433 e. The number of likely N-dealkylation sites (tertiary alicyclic amines) is 1. The van der Waals surface area contributed by atoms with Crippen molar-refractivity contribution >= 4 is 10.9 Å². The van der Waals surface area contributed by atoms with Crippen LogP contribution in [0, 0.1) is 0 Å². The topological polar surface area (TPSA) is 36.4 Å². The van der Waals surface area contributed by atoms with Crippen LogP contribution in [0.15, 0.2) is 84.9 Å². The van der Waals surface area contributed by atoms with Gasteiger partial charge >= 0.3 is 12.4 Å². The molecule has 2 heterocycles. The van der Waals surface area contributed by atoms with Crippen LogP contribution in [-0.4, -0.2) is 28.1 Å². The van der Waals surface area contributed by atoms with Crippen molar-refractivity contribution in [1.29, 1.82) is 0 Å². The number of alkyl halides is 6. The molecule has 36 heavy (non-hydrogen) atoms. The predicted molar refractivity (Wildman–Crippen MR) is 122 cm³/mol. The number of pyridine rings is 1. The number of halogens is 6. The monoisotopic (exact) mass is 502 g/mol. The molecule has 0 saturated carbocycles. The highest BCUT2D eigenvalue weighted by Gasteiger charge is 2.48. The van der Waals surface area contributed by atoms with Gasteiger partial charge in [0.1, 0.15) is 11.3 Å². The summed E-state index contributed by atoms with van der Waals surface area (Å²) in [4.78, 5) is 5.21. The van der Waals surface area contributed by atoms with E-state index in [1.165, 1.54) is 6.07 Å². The van der Waals surface area contributed by atoms with Gasteiger partial charge < -0.3 is 5.11 Å². The third-order valence-electron chi connectivity index (χ3n) is 6.46. The maximum atomic E-state index is 13.6. The number of aromatic nitrogens is 1. The van der Waals surface area contributed by atoms with Crippen molar-refractivity contribution in [3.05, 3.63) is 113 Å². The van der Waals surface area contributed by atoms with Crippen LogP contribution in [0.4, 0.5) is 26.3 Å². The van der Waals surface area contributed by atoms with E-state index in [1.54, 1.807) is 0 Å². The SMILES string of the molecule is OC1(c2cc(C(F)(F)F)nc3c(C(F)(F)F)cccc23)CN(C(c2ccccc2)c2ccccc2)C1. The van der Waals surface area contributed by atoms with Gasteiger partial charge in [0.2, 0.25) is 0 Å². The Morgan fingerprint density at radius 3 is 1.81 bits per heavy atom. The number of nitrogens with zero attached hydrogens (tertiary/aromatic N) is 2. The fourth-order valence-electron chi connectivity index (χ4n) is 4.87. The Kier molecular flexibility index (Phi) is 5.80. The van der Waals surface area contributed by atoms with Crippen LogP contribution in [-0.2, 0) is 18.0 Å². The summed E-state index contributed by atoms with van der Waals surface area (Å²) in [6.07, 6.45) is -9.90.